The van der Waals surface area contributed by atoms with Crippen LogP contribution >= 0.6 is 23.2 Å². The third-order valence-electron chi connectivity index (χ3n) is 3.90. The normalized spacial score (nSPS) is 16.8. The van der Waals surface area contributed by atoms with Crippen LogP contribution in [0.5, 0.6) is 0 Å². The lowest BCUT2D eigenvalue weighted by Crippen LogP contribution is -2.42. The van der Waals surface area contributed by atoms with Gasteiger partial charge in [0.15, 0.2) is 5.69 Å². The second-order valence-corrected chi connectivity index (χ2v) is 6.03. The predicted octanol–water partition coefficient (Wildman–Crippen LogP) is 2.71. The summed E-state index contributed by atoms with van der Waals surface area (Å²) in [5.74, 6) is -0.583. The minimum atomic E-state index is -0.583. The lowest BCUT2D eigenvalue weighted by atomic mass is 10.0. The standard InChI is InChI=1S/C14H19Cl2N3O2/c1-18-6-4-9(5-7-18)19(2)10-8-11(15)17-13(12(10)16)14(20)21-3/h8-9H,4-7H2,1-3H3. The van der Waals surface area contributed by atoms with Gasteiger partial charge in [0.25, 0.3) is 0 Å². The maximum atomic E-state index is 11.7. The number of aromatic nitrogens is 1. The summed E-state index contributed by atoms with van der Waals surface area (Å²) in [5, 5.41) is 0.516. The quantitative estimate of drug-likeness (QED) is 0.629. The molecule has 1 fully saturated rings. The highest BCUT2D eigenvalue weighted by molar-refractivity contribution is 6.37. The van der Waals surface area contributed by atoms with Gasteiger partial charge in [0, 0.05) is 19.2 Å². The molecular weight excluding hydrogens is 313 g/mol. The lowest BCUT2D eigenvalue weighted by Gasteiger charge is -2.36. The van der Waals surface area contributed by atoms with Crippen LogP contribution in [-0.4, -0.2) is 56.2 Å². The molecule has 1 aromatic heterocycles. The van der Waals surface area contributed by atoms with E-state index in [4.69, 9.17) is 27.9 Å². The molecule has 0 unspecified atom stereocenters. The number of pyridine rings is 1. The van der Waals surface area contributed by atoms with Gasteiger partial charge in [-0.1, -0.05) is 23.2 Å². The fourth-order valence-electron chi connectivity index (χ4n) is 2.55. The zero-order valence-corrected chi connectivity index (χ0v) is 13.9. The van der Waals surface area contributed by atoms with Gasteiger partial charge in [0.05, 0.1) is 17.8 Å². The zero-order chi connectivity index (χ0) is 15.6. The molecule has 0 N–H and O–H groups in total. The zero-order valence-electron chi connectivity index (χ0n) is 12.4. The first-order valence-corrected chi connectivity index (χ1v) is 7.55. The fourth-order valence-corrected chi connectivity index (χ4v) is 3.05. The Bertz CT molecular complexity index is 531. The summed E-state index contributed by atoms with van der Waals surface area (Å²) in [5.41, 5.74) is 0.771. The number of hydrogen-bond donors (Lipinski definition) is 0. The van der Waals surface area contributed by atoms with Crippen LogP contribution in [0.3, 0.4) is 0 Å². The molecule has 21 heavy (non-hydrogen) atoms. The Morgan fingerprint density at radius 2 is 2.05 bits per heavy atom. The molecule has 0 aromatic carbocycles. The molecule has 0 spiro atoms. The number of carbonyl (C=O) groups excluding carboxylic acids is 1. The van der Waals surface area contributed by atoms with E-state index >= 15 is 0 Å². The Kier molecular flexibility index (Phi) is 5.30. The highest BCUT2D eigenvalue weighted by atomic mass is 35.5. The van der Waals surface area contributed by atoms with Crippen LogP contribution in [0.15, 0.2) is 6.07 Å². The summed E-state index contributed by atoms with van der Waals surface area (Å²) in [6.45, 7) is 2.07. The summed E-state index contributed by atoms with van der Waals surface area (Å²) >= 11 is 12.3. The van der Waals surface area contributed by atoms with E-state index in [0.717, 1.165) is 25.9 Å². The second-order valence-electron chi connectivity index (χ2n) is 5.26. The van der Waals surface area contributed by atoms with E-state index in [1.54, 1.807) is 6.07 Å². The van der Waals surface area contributed by atoms with Crippen LogP contribution in [0.4, 0.5) is 5.69 Å². The van der Waals surface area contributed by atoms with E-state index in [9.17, 15) is 4.79 Å². The van der Waals surface area contributed by atoms with Gasteiger partial charge in [-0.3, -0.25) is 0 Å². The number of piperidine rings is 1. The summed E-state index contributed by atoms with van der Waals surface area (Å²) in [6.07, 6.45) is 2.08. The molecule has 0 saturated carbocycles. The molecule has 2 heterocycles. The minimum absolute atomic E-state index is 0.0569. The third-order valence-corrected chi connectivity index (χ3v) is 4.47. The first-order valence-electron chi connectivity index (χ1n) is 6.79. The number of rotatable bonds is 3. The fraction of sp³-hybridized carbons (Fsp3) is 0.571. The number of hydrogen-bond acceptors (Lipinski definition) is 5. The van der Waals surface area contributed by atoms with Crippen LogP contribution in [0.25, 0.3) is 0 Å². The topological polar surface area (TPSA) is 45.7 Å². The molecule has 116 valence electrons. The van der Waals surface area contributed by atoms with E-state index in [0.29, 0.717) is 11.7 Å². The maximum Gasteiger partial charge on any atom is 0.358 e. The number of likely N-dealkylation sites (tertiary alicyclic amines) is 1. The largest absolute Gasteiger partial charge is 0.464 e. The van der Waals surface area contributed by atoms with Crippen LogP contribution in [-0.2, 0) is 4.74 Å². The van der Waals surface area contributed by atoms with Crippen LogP contribution in [0, 0.1) is 0 Å². The average molecular weight is 332 g/mol. The highest BCUT2D eigenvalue weighted by Crippen LogP contribution is 2.33. The van der Waals surface area contributed by atoms with Gasteiger partial charge in [-0.05, 0) is 33.0 Å². The van der Waals surface area contributed by atoms with Crippen molar-refractivity contribution in [1.82, 2.24) is 9.88 Å². The molecule has 1 saturated heterocycles. The van der Waals surface area contributed by atoms with Crippen LogP contribution in [0.1, 0.15) is 23.3 Å². The van der Waals surface area contributed by atoms with E-state index in [1.807, 2.05) is 7.05 Å². The van der Waals surface area contributed by atoms with Gasteiger partial charge in [0.1, 0.15) is 5.15 Å². The predicted molar refractivity (Wildman–Crippen MR) is 84.5 cm³/mol. The van der Waals surface area contributed by atoms with Crippen molar-refractivity contribution in [2.45, 2.75) is 18.9 Å². The number of esters is 1. The van der Waals surface area contributed by atoms with Gasteiger partial charge in [-0.2, -0.15) is 0 Å². The Morgan fingerprint density at radius 3 is 2.62 bits per heavy atom. The molecular formula is C14H19Cl2N3O2. The number of nitrogens with zero attached hydrogens (tertiary/aromatic N) is 3. The molecule has 0 aliphatic carbocycles. The van der Waals surface area contributed by atoms with Crippen molar-refractivity contribution in [1.29, 1.82) is 0 Å². The van der Waals surface area contributed by atoms with Gasteiger partial charge >= 0.3 is 5.97 Å². The van der Waals surface area contributed by atoms with Gasteiger partial charge in [0.2, 0.25) is 0 Å². The van der Waals surface area contributed by atoms with Gasteiger partial charge in [-0.15, -0.1) is 0 Å². The van der Waals surface area contributed by atoms with Crippen molar-refractivity contribution in [3.63, 3.8) is 0 Å². The highest BCUT2D eigenvalue weighted by Gasteiger charge is 2.25. The monoisotopic (exact) mass is 331 g/mol. The minimum Gasteiger partial charge on any atom is -0.464 e. The van der Waals surface area contributed by atoms with Crippen molar-refractivity contribution < 1.29 is 9.53 Å². The van der Waals surface area contributed by atoms with E-state index < -0.39 is 5.97 Å². The van der Waals surface area contributed by atoms with E-state index in [2.05, 4.69) is 21.8 Å². The SMILES string of the molecule is COC(=O)c1nc(Cl)cc(N(C)C2CCN(C)CC2)c1Cl. The Morgan fingerprint density at radius 1 is 1.43 bits per heavy atom. The molecule has 1 aliphatic heterocycles. The van der Waals surface area contributed by atoms with Gasteiger partial charge < -0.3 is 14.5 Å². The van der Waals surface area contributed by atoms with Crippen molar-refractivity contribution in [2.75, 3.05) is 39.2 Å². The van der Waals surface area contributed by atoms with Crippen LogP contribution in [0.2, 0.25) is 10.2 Å². The lowest BCUT2D eigenvalue weighted by molar-refractivity contribution is 0.0594. The third kappa shape index (κ3) is 3.59. The van der Waals surface area contributed by atoms with Crippen molar-refractivity contribution in [3.05, 3.63) is 21.9 Å². The molecule has 1 aliphatic rings. The molecule has 0 atom stereocenters. The molecule has 0 radical (unpaired) electrons. The van der Waals surface area contributed by atoms with Crippen molar-refractivity contribution in [2.24, 2.45) is 0 Å². The number of carbonyl (C=O) groups is 1. The summed E-state index contributed by atoms with van der Waals surface area (Å²) in [6, 6.07) is 2.05. The molecule has 5 nitrogen and oxygen atoms in total. The van der Waals surface area contributed by atoms with E-state index in [-0.39, 0.29) is 15.9 Å². The Balaban J connectivity index is 2.30. The summed E-state index contributed by atoms with van der Waals surface area (Å²) in [7, 11) is 5.37. The molecule has 7 heteroatoms. The smallest absolute Gasteiger partial charge is 0.358 e. The van der Waals surface area contributed by atoms with Crippen LogP contribution < -0.4 is 4.90 Å². The number of ether oxygens (including phenoxy) is 1. The number of methoxy groups -OCH3 is 1. The first kappa shape index (κ1) is 16.3. The van der Waals surface area contributed by atoms with E-state index in [1.165, 1.54) is 7.11 Å². The molecule has 0 amide bonds. The summed E-state index contributed by atoms with van der Waals surface area (Å²) in [4.78, 5) is 20.1. The number of anilines is 1. The summed E-state index contributed by atoms with van der Waals surface area (Å²) < 4.78 is 4.70. The number of halogens is 2. The molecule has 2 rings (SSSR count). The van der Waals surface area contributed by atoms with Crippen molar-refractivity contribution >= 4 is 34.9 Å². The molecule has 0 bridgehead atoms. The second kappa shape index (κ2) is 6.81. The first-order chi connectivity index (χ1) is 9.93. The Hall–Kier alpha value is -1.04. The van der Waals surface area contributed by atoms with Crippen molar-refractivity contribution in [3.8, 4) is 0 Å². The average Bonchev–Trinajstić information content (AvgIpc) is 2.48. The maximum absolute atomic E-state index is 11.7. The Labute approximate surface area is 134 Å². The van der Waals surface area contributed by atoms with Gasteiger partial charge in [-0.25, -0.2) is 9.78 Å². The molecule has 1 aromatic rings.